The molecule has 0 spiro atoms. The van der Waals surface area contributed by atoms with Crippen LogP contribution in [0.5, 0.6) is 5.75 Å². The van der Waals surface area contributed by atoms with Gasteiger partial charge < -0.3 is 10.5 Å². The van der Waals surface area contributed by atoms with Gasteiger partial charge in [-0.15, -0.1) is 10.2 Å². The lowest BCUT2D eigenvalue weighted by Gasteiger charge is -2.06. The second-order valence-corrected chi connectivity index (χ2v) is 6.95. The Kier molecular flexibility index (Phi) is 7.74. The summed E-state index contributed by atoms with van der Waals surface area (Å²) in [5.74, 6) is 1.14. The van der Waals surface area contributed by atoms with Crippen LogP contribution in [0, 0.1) is 0 Å². The number of aromatic nitrogens is 4. The van der Waals surface area contributed by atoms with Gasteiger partial charge in [0.2, 0.25) is 11.7 Å². The van der Waals surface area contributed by atoms with E-state index >= 15 is 0 Å². The van der Waals surface area contributed by atoms with Crippen LogP contribution in [-0.4, -0.2) is 32.7 Å². The predicted molar refractivity (Wildman–Crippen MR) is 111 cm³/mol. The van der Waals surface area contributed by atoms with Crippen LogP contribution in [0.25, 0.3) is 11.4 Å². The minimum Gasteiger partial charge on any atom is -0.494 e. The number of amides is 1. The van der Waals surface area contributed by atoms with Crippen molar-refractivity contribution in [3.05, 3.63) is 60.2 Å². The summed E-state index contributed by atoms with van der Waals surface area (Å²) >= 11 is 0. The van der Waals surface area contributed by atoms with Gasteiger partial charge in [0.25, 0.3) is 0 Å². The molecule has 1 amide bonds. The molecule has 0 aliphatic carbocycles. The van der Waals surface area contributed by atoms with Crippen LogP contribution in [0.1, 0.15) is 37.7 Å². The highest BCUT2D eigenvalue weighted by Gasteiger charge is 2.06. The molecular formula is C22H27N5O2. The Morgan fingerprint density at radius 3 is 2.52 bits per heavy atom. The Hall–Kier alpha value is -3.22. The van der Waals surface area contributed by atoms with Gasteiger partial charge in [-0.25, -0.2) is 0 Å². The lowest BCUT2D eigenvalue weighted by atomic mass is 10.1. The van der Waals surface area contributed by atoms with Crippen LogP contribution >= 0.6 is 0 Å². The minimum atomic E-state index is -0.282. The molecule has 29 heavy (non-hydrogen) atoms. The third kappa shape index (κ3) is 7.03. The van der Waals surface area contributed by atoms with Crippen molar-refractivity contribution in [3.63, 3.8) is 0 Å². The number of carbonyl (C=O) groups excluding carboxylic acids is 1. The molecule has 0 aliphatic heterocycles. The standard InChI is InChI=1S/C22H27N5O2/c23-21(28)11-4-6-16-27-25-22(24-26-27)19-12-14-20(15-13-19)29-17-7-5-10-18-8-2-1-3-9-18/h1-3,8-9,12-15H,4-7,10-11,16-17H2,(H2,23,28). The number of nitrogens with zero attached hydrogens (tertiary/aromatic N) is 4. The number of nitrogens with two attached hydrogens (primary N) is 1. The van der Waals surface area contributed by atoms with E-state index in [0.29, 0.717) is 25.4 Å². The van der Waals surface area contributed by atoms with Crippen molar-refractivity contribution in [2.24, 2.45) is 5.73 Å². The number of hydrogen-bond donors (Lipinski definition) is 1. The molecule has 0 aliphatic rings. The summed E-state index contributed by atoms with van der Waals surface area (Å²) in [4.78, 5) is 12.3. The average Bonchev–Trinajstić information content (AvgIpc) is 3.21. The van der Waals surface area contributed by atoms with Crippen molar-refractivity contribution < 1.29 is 9.53 Å². The van der Waals surface area contributed by atoms with Crippen molar-refractivity contribution >= 4 is 5.91 Å². The maximum atomic E-state index is 10.7. The van der Waals surface area contributed by atoms with E-state index in [0.717, 1.165) is 43.4 Å². The molecule has 7 heteroatoms. The SMILES string of the molecule is NC(=O)CCCCn1nnc(-c2ccc(OCCCCc3ccccc3)cc2)n1. The highest BCUT2D eigenvalue weighted by atomic mass is 16.5. The normalized spacial score (nSPS) is 10.8. The van der Waals surface area contributed by atoms with Crippen LogP contribution in [0.15, 0.2) is 54.6 Å². The molecule has 2 aromatic carbocycles. The minimum absolute atomic E-state index is 0.282. The number of aryl methyl sites for hydroxylation is 2. The van der Waals surface area contributed by atoms with Crippen molar-refractivity contribution in [2.45, 2.75) is 45.1 Å². The van der Waals surface area contributed by atoms with Gasteiger partial charge in [-0.3, -0.25) is 4.79 Å². The zero-order valence-corrected chi connectivity index (χ0v) is 16.5. The monoisotopic (exact) mass is 393 g/mol. The number of tetrazole rings is 1. The molecular weight excluding hydrogens is 366 g/mol. The first kappa shape index (κ1) is 20.5. The maximum Gasteiger partial charge on any atom is 0.217 e. The number of unbranched alkanes of at least 4 members (excludes halogenated alkanes) is 2. The third-order valence-corrected chi connectivity index (χ3v) is 4.57. The second kappa shape index (κ2) is 10.9. The Morgan fingerprint density at radius 1 is 0.966 bits per heavy atom. The summed E-state index contributed by atoms with van der Waals surface area (Å²) in [6, 6.07) is 18.2. The maximum absolute atomic E-state index is 10.7. The number of benzene rings is 2. The van der Waals surface area contributed by atoms with E-state index in [1.807, 2.05) is 30.3 Å². The predicted octanol–water partition coefficient (Wildman–Crippen LogP) is 3.40. The van der Waals surface area contributed by atoms with Gasteiger partial charge in [-0.2, -0.15) is 4.80 Å². The van der Waals surface area contributed by atoms with Crippen molar-refractivity contribution in [1.82, 2.24) is 20.2 Å². The van der Waals surface area contributed by atoms with Crippen molar-refractivity contribution in [3.8, 4) is 17.1 Å². The van der Waals surface area contributed by atoms with Gasteiger partial charge in [0.1, 0.15) is 5.75 Å². The van der Waals surface area contributed by atoms with Gasteiger partial charge in [0, 0.05) is 12.0 Å². The van der Waals surface area contributed by atoms with Crippen molar-refractivity contribution in [2.75, 3.05) is 6.61 Å². The van der Waals surface area contributed by atoms with Crippen LogP contribution in [0.4, 0.5) is 0 Å². The largest absolute Gasteiger partial charge is 0.494 e. The fourth-order valence-corrected chi connectivity index (χ4v) is 2.97. The first-order valence-electron chi connectivity index (χ1n) is 10.0. The molecule has 2 N–H and O–H groups in total. The lowest BCUT2D eigenvalue weighted by molar-refractivity contribution is -0.118. The molecule has 0 fully saturated rings. The van der Waals surface area contributed by atoms with Gasteiger partial charge in [-0.1, -0.05) is 30.3 Å². The zero-order chi connectivity index (χ0) is 20.3. The molecule has 7 nitrogen and oxygen atoms in total. The molecule has 1 heterocycles. The van der Waals surface area contributed by atoms with Crippen LogP contribution in [0.2, 0.25) is 0 Å². The summed E-state index contributed by atoms with van der Waals surface area (Å²) in [6.07, 6.45) is 5.10. The molecule has 3 aromatic rings. The molecule has 3 rings (SSSR count). The number of rotatable bonds is 12. The summed E-state index contributed by atoms with van der Waals surface area (Å²) in [5.41, 5.74) is 7.39. The quantitative estimate of drug-likeness (QED) is 0.476. The Bertz CT molecular complexity index is 878. The van der Waals surface area contributed by atoms with Crippen LogP contribution < -0.4 is 10.5 Å². The molecule has 0 atom stereocenters. The third-order valence-electron chi connectivity index (χ3n) is 4.57. The second-order valence-electron chi connectivity index (χ2n) is 6.95. The van der Waals surface area contributed by atoms with E-state index in [1.54, 1.807) is 4.80 Å². The number of carbonyl (C=O) groups is 1. The topological polar surface area (TPSA) is 95.9 Å². The van der Waals surface area contributed by atoms with Gasteiger partial charge in [-0.05, 0) is 67.1 Å². The van der Waals surface area contributed by atoms with E-state index in [9.17, 15) is 4.79 Å². The fraction of sp³-hybridized carbons (Fsp3) is 0.364. The number of hydrogen-bond acceptors (Lipinski definition) is 5. The van der Waals surface area contributed by atoms with Gasteiger partial charge in [0.15, 0.2) is 0 Å². The summed E-state index contributed by atoms with van der Waals surface area (Å²) < 4.78 is 5.83. The lowest BCUT2D eigenvalue weighted by Crippen LogP contribution is -2.10. The summed E-state index contributed by atoms with van der Waals surface area (Å²) in [5, 5.41) is 12.5. The molecule has 0 saturated carbocycles. The summed E-state index contributed by atoms with van der Waals surface area (Å²) in [7, 11) is 0. The van der Waals surface area contributed by atoms with Crippen LogP contribution in [-0.2, 0) is 17.8 Å². The fourth-order valence-electron chi connectivity index (χ4n) is 2.97. The average molecular weight is 393 g/mol. The Morgan fingerprint density at radius 2 is 1.76 bits per heavy atom. The molecule has 1 aromatic heterocycles. The number of primary amides is 1. The van der Waals surface area contributed by atoms with Gasteiger partial charge in [0.05, 0.1) is 13.2 Å². The smallest absolute Gasteiger partial charge is 0.217 e. The van der Waals surface area contributed by atoms with E-state index in [4.69, 9.17) is 10.5 Å². The van der Waals surface area contributed by atoms with E-state index in [2.05, 4.69) is 39.7 Å². The molecule has 0 bridgehead atoms. The highest BCUT2D eigenvalue weighted by molar-refractivity contribution is 5.73. The molecule has 152 valence electrons. The first-order chi connectivity index (χ1) is 14.2. The van der Waals surface area contributed by atoms with Gasteiger partial charge >= 0.3 is 0 Å². The van der Waals surface area contributed by atoms with Crippen molar-refractivity contribution in [1.29, 1.82) is 0 Å². The highest BCUT2D eigenvalue weighted by Crippen LogP contribution is 2.19. The molecule has 0 saturated heterocycles. The summed E-state index contributed by atoms with van der Waals surface area (Å²) in [6.45, 7) is 1.32. The van der Waals surface area contributed by atoms with E-state index < -0.39 is 0 Å². The zero-order valence-electron chi connectivity index (χ0n) is 16.5. The Balaban J connectivity index is 1.39. The Labute approximate surface area is 170 Å². The number of ether oxygens (including phenoxy) is 1. The van der Waals surface area contributed by atoms with E-state index in [-0.39, 0.29) is 5.91 Å². The van der Waals surface area contributed by atoms with E-state index in [1.165, 1.54) is 5.56 Å². The molecule has 0 radical (unpaired) electrons. The first-order valence-corrected chi connectivity index (χ1v) is 10.0. The molecule has 0 unspecified atom stereocenters. The van der Waals surface area contributed by atoms with Crippen LogP contribution in [0.3, 0.4) is 0 Å².